The van der Waals surface area contributed by atoms with Crippen molar-refractivity contribution in [3.63, 3.8) is 0 Å². The molecule has 0 aliphatic rings. The van der Waals surface area contributed by atoms with Gasteiger partial charge in [-0.1, -0.05) is 43.7 Å². The van der Waals surface area contributed by atoms with Crippen molar-refractivity contribution in [2.45, 2.75) is 26.2 Å². The molecule has 0 fully saturated rings. The lowest BCUT2D eigenvalue weighted by Gasteiger charge is -2.12. The van der Waals surface area contributed by atoms with Crippen molar-refractivity contribution in [2.75, 3.05) is 18.5 Å². The van der Waals surface area contributed by atoms with Gasteiger partial charge in [-0.15, -0.1) is 0 Å². The van der Waals surface area contributed by atoms with Crippen molar-refractivity contribution in [2.24, 2.45) is 0 Å². The van der Waals surface area contributed by atoms with Crippen LogP contribution in [0.3, 0.4) is 0 Å². The van der Waals surface area contributed by atoms with E-state index in [-0.39, 0.29) is 11.0 Å². The summed E-state index contributed by atoms with van der Waals surface area (Å²) in [5, 5.41) is 5.94. The van der Waals surface area contributed by atoms with E-state index in [4.69, 9.17) is 21.7 Å². The average molecular weight is 527 g/mol. The number of hydrogen-bond acceptors (Lipinski definition) is 4. The van der Waals surface area contributed by atoms with E-state index in [0.29, 0.717) is 29.0 Å². The van der Waals surface area contributed by atoms with Crippen LogP contribution in [-0.4, -0.2) is 24.2 Å². The molecule has 0 heterocycles. The summed E-state index contributed by atoms with van der Waals surface area (Å²) in [4.78, 5) is 12.6. The normalized spacial score (nSPS) is 10.4. The molecule has 0 bridgehead atoms. The third-order valence-corrected chi connectivity index (χ3v) is 5.61. The Morgan fingerprint density at radius 2 is 1.73 bits per heavy atom. The molecule has 0 radical (unpaired) electrons. The molecule has 0 saturated heterocycles. The second-order valence-electron chi connectivity index (χ2n) is 7.36. The number of benzene rings is 3. The highest BCUT2D eigenvalue weighted by atomic mass is 79.9. The molecule has 1 amide bonds. The van der Waals surface area contributed by atoms with Gasteiger partial charge < -0.3 is 14.8 Å². The molecule has 0 unspecified atom stereocenters. The molecule has 3 rings (SSSR count). The molecule has 0 aliphatic carbocycles. The molecule has 172 valence electrons. The standard InChI is InChI=1S/C26H27BrN2O3S/c1-2-3-16-31-22-12-10-21(11-13-22)28-26(33)29-25(30)20-9-14-24(23(27)18-20)32-17-15-19-7-5-4-6-8-19/h4-14,18H,2-3,15-17H2,1H3,(H2,28,29,30,33). The van der Waals surface area contributed by atoms with Crippen molar-refractivity contribution in [1.29, 1.82) is 0 Å². The summed E-state index contributed by atoms with van der Waals surface area (Å²) in [6, 6.07) is 22.8. The van der Waals surface area contributed by atoms with Gasteiger partial charge in [0.15, 0.2) is 5.11 Å². The van der Waals surface area contributed by atoms with Gasteiger partial charge in [0.25, 0.3) is 5.91 Å². The van der Waals surface area contributed by atoms with Gasteiger partial charge in [-0.3, -0.25) is 10.1 Å². The van der Waals surface area contributed by atoms with Crippen LogP contribution in [0.2, 0.25) is 0 Å². The summed E-state index contributed by atoms with van der Waals surface area (Å²) in [7, 11) is 0. The molecule has 0 aromatic heterocycles. The average Bonchev–Trinajstić information content (AvgIpc) is 2.82. The lowest BCUT2D eigenvalue weighted by Crippen LogP contribution is -2.34. The Bertz CT molecular complexity index is 1060. The lowest BCUT2D eigenvalue weighted by atomic mass is 10.2. The fraction of sp³-hybridized carbons (Fsp3) is 0.231. The van der Waals surface area contributed by atoms with Crippen LogP contribution in [0.4, 0.5) is 5.69 Å². The van der Waals surface area contributed by atoms with Crippen molar-refractivity contribution >= 4 is 44.9 Å². The number of ether oxygens (including phenoxy) is 2. The zero-order valence-corrected chi connectivity index (χ0v) is 20.9. The number of hydrogen-bond donors (Lipinski definition) is 2. The zero-order chi connectivity index (χ0) is 23.5. The van der Waals surface area contributed by atoms with Crippen LogP contribution in [0.25, 0.3) is 0 Å². The van der Waals surface area contributed by atoms with Crippen LogP contribution in [0.5, 0.6) is 11.5 Å². The molecule has 0 aliphatic heterocycles. The maximum absolute atomic E-state index is 12.6. The SMILES string of the molecule is CCCCOc1ccc(NC(=S)NC(=O)c2ccc(OCCc3ccccc3)c(Br)c2)cc1. The molecule has 3 aromatic rings. The lowest BCUT2D eigenvalue weighted by molar-refractivity contribution is 0.0977. The minimum Gasteiger partial charge on any atom is -0.494 e. The van der Waals surface area contributed by atoms with Crippen LogP contribution >= 0.6 is 28.1 Å². The van der Waals surface area contributed by atoms with E-state index in [1.807, 2.05) is 42.5 Å². The summed E-state index contributed by atoms with van der Waals surface area (Å²) in [6.45, 7) is 3.37. The van der Waals surface area contributed by atoms with Gasteiger partial charge in [0.05, 0.1) is 17.7 Å². The summed E-state index contributed by atoms with van der Waals surface area (Å²) in [6.07, 6.45) is 2.92. The van der Waals surface area contributed by atoms with Crippen molar-refractivity contribution in [3.05, 3.63) is 88.4 Å². The first-order valence-electron chi connectivity index (χ1n) is 10.9. The first-order chi connectivity index (χ1) is 16.0. The van der Waals surface area contributed by atoms with Crippen molar-refractivity contribution in [1.82, 2.24) is 5.32 Å². The number of carbonyl (C=O) groups excluding carboxylic acids is 1. The van der Waals surface area contributed by atoms with Crippen LogP contribution in [0, 0.1) is 0 Å². The predicted molar refractivity (Wildman–Crippen MR) is 140 cm³/mol. The summed E-state index contributed by atoms with van der Waals surface area (Å²) >= 11 is 8.77. The highest BCUT2D eigenvalue weighted by Crippen LogP contribution is 2.26. The van der Waals surface area contributed by atoms with Crippen LogP contribution in [-0.2, 0) is 6.42 Å². The zero-order valence-electron chi connectivity index (χ0n) is 18.5. The Hall–Kier alpha value is -2.90. The Morgan fingerprint density at radius 3 is 2.42 bits per heavy atom. The molecule has 33 heavy (non-hydrogen) atoms. The molecule has 2 N–H and O–H groups in total. The quantitative estimate of drug-likeness (QED) is 0.237. The topological polar surface area (TPSA) is 59.6 Å². The Labute approximate surface area is 208 Å². The number of halogens is 1. The molecular formula is C26H27BrN2O3S. The number of nitrogens with one attached hydrogen (secondary N) is 2. The highest BCUT2D eigenvalue weighted by Gasteiger charge is 2.11. The Kier molecular flexibility index (Phi) is 9.72. The first-order valence-corrected chi connectivity index (χ1v) is 12.1. The molecule has 0 atom stereocenters. The van der Waals surface area contributed by atoms with E-state index in [9.17, 15) is 4.79 Å². The second-order valence-corrected chi connectivity index (χ2v) is 8.63. The molecular weight excluding hydrogens is 500 g/mol. The molecule has 0 spiro atoms. The van der Waals surface area contributed by atoms with Crippen LogP contribution in [0.15, 0.2) is 77.3 Å². The molecule has 3 aromatic carbocycles. The van der Waals surface area contributed by atoms with Gasteiger partial charge in [0.2, 0.25) is 0 Å². The van der Waals surface area contributed by atoms with Gasteiger partial charge in [-0.25, -0.2) is 0 Å². The maximum atomic E-state index is 12.6. The minimum absolute atomic E-state index is 0.221. The number of amides is 1. The van der Waals surface area contributed by atoms with Gasteiger partial charge >= 0.3 is 0 Å². The maximum Gasteiger partial charge on any atom is 0.257 e. The van der Waals surface area contributed by atoms with E-state index in [0.717, 1.165) is 30.7 Å². The third-order valence-electron chi connectivity index (χ3n) is 4.79. The molecule has 7 heteroatoms. The first kappa shape index (κ1) is 24.7. The van der Waals surface area contributed by atoms with Gasteiger partial charge in [-0.2, -0.15) is 0 Å². The largest absolute Gasteiger partial charge is 0.494 e. The van der Waals surface area contributed by atoms with E-state index < -0.39 is 0 Å². The Balaban J connectivity index is 1.48. The predicted octanol–water partition coefficient (Wildman–Crippen LogP) is 6.38. The summed E-state index contributed by atoms with van der Waals surface area (Å²) in [5.41, 5.74) is 2.46. The van der Waals surface area contributed by atoms with E-state index in [1.165, 1.54) is 5.56 Å². The van der Waals surface area contributed by atoms with Gasteiger partial charge in [-0.05, 0) is 82.6 Å². The van der Waals surface area contributed by atoms with Gasteiger partial charge in [0, 0.05) is 17.7 Å². The smallest absolute Gasteiger partial charge is 0.257 e. The van der Waals surface area contributed by atoms with Crippen molar-refractivity contribution in [3.8, 4) is 11.5 Å². The number of anilines is 1. The summed E-state index contributed by atoms with van der Waals surface area (Å²) < 4.78 is 12.2. The fourth-order valence-corrected chi connectivity index (χ4v) is 3.69. The number of unbranched alkanes of at least 4 members (excludes halogenated alkanes) is 1. The monoisotopic (exact) mass is 526 g/mol. The van der Waals surface area contributed by atoms with Crippen LogP contribution in [0.1, 0.15) is 35.7 Å². The van der Waals surface area contributed by atoms with Crippen LogP contribution < -0.4 is 20.1 Å². The van der Waals surface area contributed by atoms with E-state index >= 15 is 0 Å². The highest BCUT2D eigenvalue weighted by molar-refractivity contribution is 9.10. The number of thiocarbonyl (C=S) groups is 1. The summed E-state index contributed by atoms with van der Waals surface area (Å²) in [5.74, 6) is 1.19. The molecule has 0 saturated carbocycles. The second kappa shape index (κ2) is 13.0. The Morgan fingerprint density at radius 1 is 0.970 bits per heavy atom. The van der Waals surface area contributed by atoms with Crippen molar-refractivity contribution < 1.29 is 14.3 Å². The minimum atomic E-state index is -0.302. The fourth-order valence-electron chi connectivity index (χ4n) is 2.99. The number of rotatable bonds is 10. The van der Waals surface area contributed by atoms with E-state index in [1.54, 1.807) is 18.2 Å². The van der Waals surface area contributed by atoms with E-state index in [2.05, 4.69) is 45.6 Å². The number of carbonyl (C=O) groups is 1. The molecule has 5 nitrogen and oxygen atoms in total. The third kappa shape index (κ3) is 8.18. The van der Waals surface area contributed by atoms with Gasteiger partial charge in [0.1, 0.15) is 11.5 Å².